The predicted octanol–water partition coefficient (Wildman–Crippen LogP) is 2.78. The predicted molar refractivity (Wildman–Crippen MR) is 108 cm³/mol. The Labute approximate surface area is 170 Å². The number of urea groups is 1. The van der Waals surface area contributed by atoms with Crippen LogP contribution >= 0.6 is 0 Å². The molecule has 3 rings (SSSR count). The second-order valence-electron chi connectivity index (χ2n) is 7.01. The average Bonchev–Trinajstić information content (AvgIpc) is 3.04. The van der Waals surface area contributed by atoms with Gasteiger partial charge in [0.2, 0.25) is 0 Å². The van der Waals surface area contributed by atoms with Crippen LogP contribution in [0.5, 0.6) is 11.5 Å². The van der Waals surface area contributed by atoms with Crippen molar-refractivity contribution < 1.29 is 23.8 Å². The molecule has 1 aliphatic heterocycles. The van der Waals surface area contributed by atoms with Crippen LogP contribution in [0.3, 0.4) is 0 Å². The Morgan fingerprint density at radius 3 is 1.83 bits per heavy atom. The van der Waals surface area contributed by atoms with Crippen LogP contribution in [0.1, 0.15) is 18.1 Å². The molecule has 1 N–H and O–H groups in total. The zero-order valence-corrected chi connectivity index (χ0v) is 17.3. The maximum atomic E-state index is 12.8. The summed E-state index contributed by atoms with van der Waals surface area (Å²) in [6, 6.07) is 13.8. The maximum Gasteiger partial charge on any atom is 0.317 e. The number of likely N-dealkylation sites (N-methyl/N-ethyl adjacent to an activating group) is 1. The van der Waals surface area contributed by atoms with Crippen molar-refractivity contribution in [2.45, 2.75) is 18.6 Å². The minimum atomic E-state index is -1.17. The molecule has 0 spiro atoms. The number of carbonyl (C=O) groups excluding carboxylic acids is 2. The summed E-state index contributed by atoms with van der Waals surface area (Å²) >= 11 is 0. The largest absolute Gasteiger partial charge is 0.497 e. The standard InChI is InChI=1S/C22H26N2O5/c1-14-19(24(3)21(26)23-2)22(29-20(14)25,15-6-10-17(27-4)11-7-15)16-8-12-18(28-5)13-9-16/h6-14,19H,1-5H3,(H,23,26)/t14-,19-/m0/s1. The number of rotatable bonds is 5. The fraction of sp³-hybridized carbons (Fsp3) is 0.364. The van der Waals surface area contributed by atoms with Crippen LogP contribution in [0.15, 0.2) is 48.5 Å². The minimum Gasteiger partial charge on any atom is -0.497 e. The third-order valence-corrected chi connectivity index (χ3v) is 5.51. The Kier molecular flexibility index (Phi) is 5.68. The van der Waals surface area contributed by atoms with Gasteiger partial charge in [-0.25, -0.2) is 4.79 Å². The lowest BCUT2D eigenvalue weighted by molar-refractivity contribution is -0.148. The lowest BCUT2D eigenvalue weighted by Crippen LogP contribution is -2.53. The fourth-order valence-corrected chi connectivity index (χ4v) is 4.01. The van der Waals surface area contributed by atoms with Crippen LogP contribution in [-0.4, -0.2) is 51.3 Å². The van der Waals surface area contributed by atoms with Gasteiger partial charge in [0, 0.05) is 25.2 Å². The molecule has 1 heterocycles. The van der Waals surface area contributed by atoms with Crippen molar-refractivity contribution in [2.75, 3.05) is 28.3 Å². The molecule has 7 nitrogen and oxygen atoms in total. The van der Waals surface area contributed by atoms with Gasteiger partial charge in [-0.05, 0) is 31.2 Å². The van der Waals surface area contributed by atoms with Gasteiger partial charge in [-0.1, -0.05) is 24.3 Å². The highest BCUT2D eigenvalue weighted by Gasteiger charge is 2.58. The van der Waals surface area contributed by atoms with E-state index in [1.54, 1.807) is 35.2 Å². The Morgan fingerprint density at radius 2 is 1.45 bits per heavy atom. The van der Waals surface area contributed by atoms with Gasteiger partial charge >= 0.3 is 12.0 Å². The molecule has 2 amide bonds. The van der Waals surface area contributed by atoms with E-state index in [9.17, 15) is 9.59 Å². The molecule has 1 aliphatic rings. The molecule has 0 saturated carbocycles. The summed E-state index contributed by atoms with van der Waals surface area (Å²) in [4.78, 5) is 26.8. The van der Waals surface area contributed by atoms with Crippen molar-refractivity contribution in [1.82, 2.24) is 10.2 Å². The highest BCUT2D eigenvalue weighted by molar-refractivity contribution is 5.81. The second-order valence-corrected chi connectivity index (χ2v) is 7.01. The molecule has 7 heteroatoms. The van der Waals surface area contributed by atoms with Gasteiger partial charge in [0.05, 0.1) is 26.2 Å². The van der Waals surface area contributed by atoms with Crippen LogP contribution in [0.4, 0.5) is 4.79 Å². The van der Waals surface area contributed by atoms with Crippen molar-refractivity contribution in [1.29, 1.82) is 0 Å². The van der Waals surface area contributed by atoms with E-state index in [4.69, 9.17) is 14.2 Å². The number of benzene rings is 2. The monoisotopic (exact) mass is 398 g/mol. The first-order chi connectivity index (χ1) is 13.9. The van der Waals surface area contributed by atoms with Gasteiger partial charge in [-0.3, -0.25) is 4.79 Å². The maximum absolute atomic E-state index is 12.8. The van der Waals surface area contributed by atoms with Crippen LogP contribution < -0.4 is 14.8 Å². The Hall–Kier alpha value is -3.22. The highest BCUT2D eigenvalue weighted by atomic mass is 16.6. The van der Waals surface area contributed by atoms with E-state index in [1.165, 1.54) is 4.90 Å². The molecule has 2 aromatic carbocycles. The molecular formula is C22H26N2O5. The van der Waals surface area contributed by atoms with E-state index in [1.807, 2.05) is 48.5 Å². The number of cyclic esters (lactones) is 1. The van der Waals surface area contributed by atoms with E-state index < -0.39 is 17.6 Å². The summed E-state index contributed by atoms with van der Waals surface area (Å²) in [5.41, 5.74) is 0.333. The van der Waals surface area contributed by atoms with Gasteiger partial charge in [0.15, 0.2) is 5.60 Å². The smallest absolute Gasteiger partial charge is 0.317 e. The lowest BCUT2D eigenvalue weighted by atomic mass is 9.77. The third-order valence-electron chi connectivity index (χ3n) is 5.51. The molecule has 0 aromatic heterocycles. The minimum absolute atomic E-state index is 0.299. The van der Waals surface area contributed by atoms with E-state index >= 15 is 0 Å². The number of ether oxygens (including phenoxy) is 3. The van der Waals surface area contributed by atoms with Gasteiger partial charge in [-0.2, -0.15) is 0 Å². The van der Waals surface area contributed by atoms with Gasteiger partial charge in [0.1, 0.15) is 11.5 Å². The Bertz CT molecular complexity index is 832. The Morgan fingerprint density at radius 1 is 1.00 bits per heavy atom. The van der Waals surface area contributed by atoms with Crippen LogP contribution in [0, 0.1) is 5.92 Å². The molecule has 29 heavy (non-hydrogen) atoms. The van der Waals surface area contributed by atoms with Crippen molar-refractivity contribution in [3.05, 3.63) is 59.7 Å². The van der Waals surface area contributed by atoms with Gasteiger partial charge < -0.3 is 24.4 Å². The van der Waals surface area contributed by atoms with Crippen molar-refractivity contribution in [3.63, 3.8) is 0 Å². The van der Waals surface area contributed by atoms with Crippen molar-refractivity contribution in [2.24, 2.45) is 5.92 Å². The quantitative estimate of drug-likeness (QED) is 0.784. The summed E-state index contributed by atoms with van der Waals surface area (Å²) in [5.74, 6) is 0.485. The highest BCUT2D eigenvalue weighted by Crippen LogP contribution is 2.48. The SMILES string of the molecule is CNC(=O)N(C)[C@H]1[C@H](C)C(=O)OC1(c1ccc(OC)cc1)c1ccc(OC)cc1. The summed E-state index contributed by atoms with van der Waals surface area (Å²) in [7, 11) is 6.41. The fourth-order valence-electron chi connectivity index (χ4n) is 4.01. The number of carbonyl (C=O) groups is 2. The first-order valence-electron chi connectivity index (χ1n) is 9.35. The number of nitrogens with zero attached hydrogens (tertiary/aromatic N) is 1. The van der Waals surface area contributed by atoms with E-state index in [0.717, 1.165) is 11.1 Å². The topological polar surface area (TPSA) is 77.1 Å². The normalized spacial score (nSPS) is 20.0. The molecule has 0 unspecified atom stereocenters. The van der Waals surface area contributed by atoms with Crippen molar-refractivity contribution in [3.8, 4) is 11.5 Å². The molecule has 0 aliphatic carbocycles. The molecule has 0 bridgehead atoms. The van der Waals surface area contributed by atoms with Crippen molar-refractivity contribution >= 4 is 12.0 Å². The van der Waals surface area contributed by atoms with Crippen LogP contribution in [-0.2, 0) is 15.1 Å². The molecule has 154 valence electrons. The number of methoxy groups -OCH3 is 2. The summed E-state index contributed by atoms with van der Waals surface area (Å²) in [6.07, 6.45) is 0. The zero-order valence-electron chi connectivity index (χ0n) is 17.3. The lowest BCUT2D eigenvalue weighted by Gasteiger charge is -2.40. The third kappa shape index (κ3) is 3.37. The van der Waals surface area contributed by atoms with E-state index in [0.29, 0.717) is 11.5 Å². The van der Waals surface area contributed by atoms with Gasteiger partial charge in [-0.15, -0.1) is 0 Å². The molecule has 1 fully saturated rings. The summed E-state index contributed by atoms with van der Waals surface area (Å²) < 4.78 is 16.6. The van der Waals surface area contributed by atoms with E-state index in [-0.39, 0.29) is 12.0 Å². The summed E-state index contributed by atoms with van der Waals surface area (Å²) in [5, 5.41) is 2.63. The molecule has 2 aromatic rings. The molecular weight excluding hydrogens is 372 g/mol. The molecule has 1 saturated heterocycles. The first kappa shape index (κ1) is 20.5. The van der Waals surface area contributed by atoms with E-state index in [2.05, 4.69) is 5.32 Å². The number of esters is 1. The second kappa shape index (κ2) is 8.03. The number of amides is 2. The number of hydrogen-bond donors (Lipinski definition) is 1. The molecule has 2 atom stereocenters. The Balaban J connectivity index is 2.24. The number of hydrogen-bond acceptors (Lipinski definition) is 5. The zero-order chi connectivity index (χ0) is 21.2. The average molecular weight is 398 g/mol. The first-order valence-corrected chi connectivity index (χ1v) is 9.35. The van der Waals surface area contributed by atoms with Gasteiger partial charge in [0.25, 0.3) is 0 Å². The molecule has 0 radical (unpaired) electrons. The number of nitrogens with one attached hydrogen (secondary N) is 1. The van der Waals surface area contributed by atoms with Crippen LogP contribution in [0.25, 0.3) is 0 Å². The van der Waals surface area contributed by atoms with Crippen LogP contribution in [0.2, 0.25) is 0 Å². The summed E-state index contributed by atoms with van der Waals surface area (Å²) in [6.45, 7) is 1.78.